The number of nitrogens with one attached hydrogen (secondary N) is 1. The van der Waals surface area contributed by atoms with Gasteiger partial charge in [-0.05, 0) is 37.6 Å². The van der Waals surface area contributed by atoms with Gasteiger partial charge in [0.1, 0.15) is 0 Å². The van der Waals surface area contributed by atoms with Crippen LogP contribution >= 0.6 is 11.6 Å². The van der Waals surface area contributed by atoms with E-state index >= 15 is 0 Å². The second-order valence-electron chi connectivity index (χ2n) is 5.51. The van der Waals surface area contributed by atoms with Crippen LogP contribution in [-0.4, -0.2) is 49.2 Å². The molecular weight excluding hydrogens is 290 g/mol. The summed E-state index contributed by atoms with van der Waals surface area (Å²) in [5.74, 6) is -0.0363. The molecule has 3 N–H and O–H groups in total. The van der Waals surface area contributed by atoms with E-state index < -0.39 is 0 Å². The van der Waals surface area contributed by atoms with Crippen molar-refractivity contribution in [2.45, 2.75) is 26.0 Å². The fraction of sp³-hybridized carbons (Fsp3) is 0.533. The molecule has 5 nitrogen and oxygen atoms in total. The highest BCUT2D eigenvalue weighted by molar-refractivity contribution is 6.30. The van der Waals surface area contributed by atoms with Crippen LogP contribution in [0, 0.1) is 6.92 Å². The molecule has 2 atom stereocenters. The van der Waals surface area contributed by atoms with Crippen molar-refractivity contribution in [3.63, 3.8) is 0 Å². The maximum atomic E-state index is 12.1. The molecule has 1 fully saturated rings. The van der Waals surface area contributed by atoms with Gasteiger partial charge in [0, 0.05) is 29.8 Å². The third kappa shape index (κ3) is 4.68. The van der Waals surface area contributed by atoms with Crippen LogP contribution in [-0.2, 0) is 9.53 Å². The van der Waals surface area contributed by atoms with Crippen LogP contribution in [0.4, 0.5) is 5.69 Å². The van der Waals surface area contributed by atoms with E-state index in [1.54, 1.807) is 6.07 Å². The highest BCUT2D eigenvalue weighted by Crippen LogP contribution is 2.19. The Bertz CT molecular complexity index is 508. The van der Waals surface area contributed by atoms with Crippen LogP contribution in [0.25, 0.3) is 0 Å². The summed E-state index contributed by atoms with van der Waals surface area (Å²) in [5, 5.41) is 3.58. The van der Waals surface area contributed by atoms with Crippen molar-refractivity contribution in [3.8, 4) is 0 Å². The zero-order valence-corrected chi connectivity index (χ0v) is 13.2. The zero-order chi connectivity index (χ0) is 15.4. The summed E-state index contributed by atoms with van der Waals surface area (Å²) in [4.78, 5) is 14.2. The fourth-order valence-corrected chi connectivity index (χ4v) is 2.58. The SMILES string of the molecule is Cc1cc(Cl)ccc1NC(=O)CN1CCOC(C(C)N)C1. The first-order chi connectivity index (χ1) is 9.95. The molecule has 2 rings (SSSR count). The number of aryl methyl sites for hydroxylation is 1. The Balaban J connectivity index is 1.89. The number of benzene rings is 1. The van der Waals surface area contributed by atoms with Crippen molar-refractivity contribution < 1.29 is 9.53 Å². The lowest BCUT2D eigenvalue weighted by atomic mass is 10.1. The summed E-state index contributed by atoms with van der Waals surface area (Å²) < 4.78 is 5.59. The second-order valence-corrected chi connectivity index (χ2v) is 5.95. The van der Waals surface area contributed by atoms with Gasteiger partial charge >= 0.3 is 0 Å². The Labute approximate surface area is 130 Å². The number of nitrogens with zero attached hydrogens (tertiary/aromatic N) is 1. The van der Waals surface area contributed by atoms with Crippen molar-refractivity contribution in [1.82, 2.24) is 4.90 Å². The Hall–Kier alpha value is -1.14. The zero-order valence-electron chi connectivity index (χ0n) is 12.4. The third-order valence-corrected chi connectivity index (χ3v) is 3.83. The first kappa shape index (κ1) is 16.2. The first-order valence-corrected chi connectivity index (χ1v) is 7.49. The molecule has 1 aromatic carbocycles. The molecule has 2 unspecified atom stereocenters. The summed E-state index contributed by atoms with van der Waals surface area (Å²) in [5.41, 5.74) is 7.60. The monoisotopic (exact) mass is 311 g/mol. The van der Waals surface area contributed by atoms with Crippen LogP contribution in [0.1, 0.15) is 12.5 Å². The average Bonchev–Trinajstić information content (AvgIpc) is 2.42. The van der Waals surface area contributed by atoms with E-state index in [4.69, 9.17) is 22.1 Å². The van der Waals surface area contributed by atoms with Crippen LogP contribution in [0.5, 0.6) is 0 Å². The number of anilines is 1. The van der Waals surface area contributed by atoms with Gasteiger partial charge in [0.05, 0.1) is 19.3 Å². The molecule has 116 valence electrons. The molecule has 1 aliphatic rings. The minimum atomic E-state index is -0.0363. The van der Waals surface area contributed by atoms with E-state index in [1.165, 1.54) is 0 Å². The van der Waals surface area contributed by atoms with E-state index in [0.29, 0.717) is 24.7 Å². The van der Waals surface area contributed by atoms with Crippen molar-refractivity contribution in [3.05, 3.63) is 28.8 Å². The van der Waals surface area contributed by atoms with Gasteiger partial charge < -0.3 is 15.8 Å². The molecule has 1 saturated heterocycles. The van der Waals surface area contributed by atoms with E-state index in [-0.39, 0.29) is 18.1 Å². The molecule has 1 heterocycles. The normalized spacial score (nSPS) is 21.0. The van der Waals surface area contributed by atoms with E-state index in [1.807, 2.05) is 26.0 Å². The third-order valence-electron chi connectivity index (χ3n) is 3.59. The maximum absolute atomic E-state index is 12.1. The Kier molecular flexibility index (Phi) is 5.58. The second kappa shape index (κ2) is 7.22. The number of morpholine rings is 1. The summed E-state index contributed by atoms with van der Waals surface area (Å²) in [6.07, 6.45) is -0.0104. The lowest BCUT2D eigenvalue weighted by Crippen LogP contribution is -2.51. The number of carbonyl (C=O) groups is 1. The quantitative estimate of drug-likeness (QED) is 0.887. The lowest BCUT2D eigenvalue weighted by Gasteiger charge is -2.34. The first-order valence-electron chi connectivity index (χ1n) is 7.11. The van der Waals surface area contributed by atoms with Gasteiger partial charge in [0.2, 0.25) is 5.91 Å². The molecule has 0 bridgehead atoms. The number of hydrogen-bond donors (Lipinski definition) is 2. The molecule has 0 aromatic heterocycles. The van der Waals surface area contributed by atoms with Gasteiger partial charge in [-0.3, -0.25) is 9.69 Å². The molecule has 21 heavy (non-hydrogen) atoms. The number of nitrogens with two attached hydrogens (primary N) is 1. The molecule has 1 amide bonds. The van der Waals surface area contributed by atoms with E-state index in [2.05, 4.69) is 10.2 Å². The minimum absolute atomic E-state index is 0.0104. The van der Waals surface area contributed by atoms with Gasteiger partial charge in [-0.2, -0.15) is 0 Å². The van der Waals surface area contributed by atoms with Crippen LogP contribution in [0.2, 0.25) is 5.02 Å². The van der Waals surface area contributed by atoms with Crippen molar-refractivity contribution >= 4 is 23.2 Å². The number of ether oxygens (including phenoxy) is 1. The molecule has 1 aliphatic heterocycles. The highest BCUT2D eigenvalue weighted by Gasteiger charge is 2.24. The van der Waals surface area contributed by atoms with E-state index in [0.717, 1.165) is 17.8 Å². The van der Waals surface area contributed by atoms with Gasteiger partial charge in [-0.25, -0.2) is 0 Å². The number of carbonyl (C=O) groups excluding carboxylic acids is 1. The van der Waals surface area contributed by atoms with Gasteiger partial charge in [0.15, 0.2) is 0 Å². The number of rotatable bonds is 4. The number of amides is 1. The summed E-state index contributed by atoms with van der Waals surface area (Å²) >= 11 is 5.91. The van der Waals surface area contributed by atoms with Crippen molar-refractivity contribution in [2.24, 2.45) is 5.73 Å². The Morgan fingerprint density at radius 2 is 2.38 bits per heavy atom. The van der Waals surface area contributed by atoms with Crippen molar-refractivity contribution in [1.29, 1.82) is 0 Å². The standard InChI is InChI=1S/C15H22ClN3O2/c1-10-7-12(16)3-4-13(10)18-15(20)9-19-5-6-21-14(8-19)11(2)17/h3-4,7,11,14H,5-6,8-9,17H2,1-2H3,(H,18,20). The molecule has 0 saturated carbocycles. The average molecular weight is 312 g/mol. The Morgan fingerprint density at radius 1 is 1.62 bits per heavy atom. The predicted octanol–water partition coefficient (Wildman–Crippen LogP) is 1.63. The largest absolute Gasteiger partial charge is 0.374 e. The highest BCUT2D eigenvalue weighted by atomic mass is 35.5. The van der Waals surface area contributed by atoms with E-state index in [9.17, 15) is 4.79 Å². The molecule has 0 radical (unpaired) electrons. The summed E-state index contributed by atoms with van der Waals surface area (Å²) in [6.45, 7) is 6.22. The summed E-state index contributed by atoms with van der Waals surface area (Å²) in [6, 6.07) is 5.39. The van der Waals surface area contributed by atoms with Crippen LogP contribution in [0.15, 0.2) is 18.2 Å². The predicted molar refractivity (Wildman–Crippen MR) is 84.6 cm³/mol. The number of hydrogen-bond acceptors (Lipinski definition) is 4. The molecular formula is C15H22ClN3O2. The van der Waals surface area contributed by atoms with Crippen molar-refractivity contribution in [2.75, 3.05) is 31.6 Å². The molecule has 1 aromatic rings. The molecule has 6 heteroatoms. The fourth-order valence-electron chi connectivity index (χ4n) is 2.35. The lowest BCUT2D eigenvalue weighted by molar-refractivity contribution is -0.119. The van der Waals surface area contributed by atoms with Gasteiger partial charge in [0.25, 0.3) is 0 Å². The van der Waals surface area contributed by atoms with Crippen LogP contribution in [0.3, 0.4) is 0 Å². The maximum Gasteiger partial charge on any atom is 0.238 e. The molecule has 0 spiro atoms. The van der Waals surface area contributed by atoms with Gasteiger partial charge in [-0.1, -0.05) is 11.6 Å². The topological polar surface area (TPSA) is 67.6 Å². The Morgan fingerprint density at radius 3 is 3.05 bits per heavy atom. The van der Waals surface area contributed by atoms with Crippen LogP contribution < -0.4 is 11.1 Å². The number of halogens is 1. The summed E-state index contributed by atoms with van der Waals surface area (Å²) in [7, 11) is 0. The smallest absolute Gasteiger partial charge is 0.238 e. The molecule has 0 aliphatic carbocycles. The van der Waals surface area contributed by atoms with Gasteiger partial charge in [-0.15, -0.1) is 0 Å². The minimum Gasteiger partial charge on any atom is -0.374 e.